The molecule has 0 aromatic heterocycles. The fraction of sp³-hybridized carbons (Fsp3) is 0.200. The monoisotopic (exact) mass is 177 g/mol. The average Bonchev–Trinajstić information content (AvgIpc) is 2.50. The zero-order chi connectivity index (χ0) is 8.39. The van der Waals surface area contributed by atoms with Crippen LogP contribution in [0.3, 0.4) is 0 Å². The Balaban J connectivity index is 2.65. The molecule has 0 bridgehead atoms. The molecule has 1 nitrogen and oxygen atoms in total. The third-order valence-corrected chi connectivity index (χ3v) is 3.93. The summed E-state index contributed by atoms with van der Waals surface area (Å²) in [4.78, 5) is 4.46. The molecule has 1 aromatic carbocycles. The van der Waals surface area contributed by atoms with Crippen LogP contribution in [-0.2, 0) is 0 Å². The smallest absolute Gasteiger partial charge is 0.0812 e. The maximum atomic E-state index is 4.46. The fourth-order valence-corrected chi connectivity index (χ4v) is 3.04. The molecule has 0 amide bonds. The molecule has 1 heterocycles. The van der Waals surface area contributed by atoms with Gasteiger partial charge in [0.1, 0.15) is 0 Å². The number of hydrogen-bond donors (Lipinski definition) is 0. The van der Waals surface area contributed by atoms with Crippen molar-refractivity contribution >= 4 is 10.5 Å². The third kappa shape index (κ3) is 1.23. The number of nitrogens with zero attached hydrogens (tertiary/aromatic N) is 1. The SMILES string of the molecule is C=CCS1=c2ccccc2=NC1. The van der Waals surface area contributed by atoms with Gasteiger partial charge in [-0.15, -0.1) is 6.58 Å². The van der Waals surface area contributed by atoms with E-state index in [1.165, 1.54) is 9.87 Å². The van der Waals surface area contributed by atoms with Gasteiger partial charge in [-0.3, -0.25) is 4.99 Å². The molecular weight excluding hydrogens is 166 g/mol. The highest BCUT2D eigenvalue weighted by Gasteiger charge is 2.00. The predicted octanol–water partition coefficient (Wildman–Crippen LogP) is 1.98. The molecule has 0 saturated heterocycles. The van der Waals surface area contributed by atoms with Crippen molar-refractivity contribution in [1.82, 2.24) is 0 Å². The summed E-state index contributed by atoms with van der Waals surface area (Å²) in [5.74, 6) is 2.03. The Morgan fingerprint density at radius 3 is 3.17 bits per heavy atom. The van der Waals surface area contributed by atoms with Crippen LogP contribution in [0.2, 0.25) is 0 Å². The molecule has 1 atom stereocenters. The molecule has 1 aliphatic heterocycles. The van der Waals surface area contributed by atoms with Gasteiger partial charge >= 0.3 is 0 Å². The summed E-state index contributed by atoms with van der Waals surface area (Å²) < 4.78 is 1.41. The Labute approximate surface area is 74.4 Å². The van der Waals surface area contributed by atoms with Crippen molar-refractivity contribution in [3.05, 3.63) is 46.8 Å². The van der Waals surface area contributed by atoms with Gasteiger partial charge in [0.2, 0.25) is 0 Å². The van der Waals surface area contributed by atoms with Crippen LogP contribution in [0.5, 0.6) is 0 Å². The lowest BCUT2D eigenvalue weighted by Crippen LogP contribution is -1.96. The Morgan fingerprint density at radius 1 is 1.50 bits per heavy atom. The van der Waals surface area contributed by atoms with Gasteiger partial charge in [-0.25, -0.2) is 0 Å². The molecule has 1 aliphatic rings. The van der Waals surface area contributed by atoms with Crippen LogP contribution in [0.4, 0.5) is 0 Å². The Bertz CT molecular complexity index is 420. The van der Waals surface area contributed by atoms with E-state index < -0.39 is 0 Å². The summed E-state index contributed by atoms with van der Waals surface area (Å²) in [6.07, 6.45) is 1.99. The minimum Gasteiger partial charge on any atom is -0.274 e. The van der Waals surface area contributed by atoms with Crippen LogP contribution in [-0.4, -0.2) is 11.6 Å². The number of rotatable bonds is 2. The van der Waals surface area contributed by atoms with Crippen molar-refractivity contribution in [3.63, 3.8) is 0 Å². The second-order valence-corrected chi connectivity index (χ2v) is 4.72. The van der Waals surface area contributed by atoms with Crippen molar-refractivity contribution in [3.8, 4) is 0 Å². The van der Waals surface area contributed by atoms with Gasteiger partial charge in [-0.05, 0) is 12.1 Å². The molecular formula is C10H11NS. The van der Waals surface area contributed by atoms with E-state index in [0.29, 0.717) is 10.5 Å². The quantitative estimate of drug-likeness (QED) is 0.484. The molecule has 0 N–H and O–H groups in total. The second kappa shape index (κ2) is 3.23. The lowest BCUT2D eigenvalue weighted by atomic mass is 10.3. The lowest BCUT2D eigenvalue weighted by Gasteiger charge is -1.95. The van der Waals surface area contributed by atoms with E-state index in [1.807, 2.05) is 12.1 Å². The topological polar surface area (TPSA) is 12.4 Å². The summed E-state index contributed by atoms with van der Waals surface area (Å²) in [7, 11) is 0.313. The standard InChI is InChI=1S/C10H11NS/c1-2-7-12-8-11-9-5-3-4-6-10(9)12/h2-6H,1,7-8H2. The maximum Gasteiger partial charge on any atom is 0.0812 e. The van der Waals surface area contributed by atoms with Crippen LogP contribution < -0.4 is 5.36 Å². The fourth-order valence-electron chi connectivity index (χ4n) is 1.33. The lowest BCUT2D eigenvalue weighted by molar-refractivity contribution is 1.25. The molecule has 0 fully saturated rings. The van der Waals surface area contributed by atoms with E-state index in [9.17, 15) is 0 Å². The Morgan fingerprint density at radius 2 is 2.33 bits per heavy atom. The molecule has 0 radical (unpaired) electrons. The zero-order valence-electron chi connectivity index (χ0n) is 6.86. The first-order valence-electron chi connectivity index (χ1n) is 3.97. The van der Waals surface area contributed by atoms with Crippen LogP contribution in [0, 0.1) is 4.51 Å². The largest absolute Gasteiger partial charge is 0.274 e. The minimum absolute atomic E-state index is 0.313. The summed E-state index contributed by atoms with van der Waals surface area (Å²) in [5, 5.41) is 1.18. The summed E-state index contributed by atoms with van der Waals surface area (Å²) >= 11 is 0. The zero-order valence-corrected chi connectivity index (χ0v) is 7.68. The molecule has 62 valence electrons. The predicted molar refractivity (Wildman–Crippen MR) is 54.0 cm³/mol. The molecule has 12 heavy (non-hydrogen) atoms. The molecule has 1 aromatic rings. The van der Waals surface area contributed by atoms with Gasteiger partial charge in [0.25, 0.3) is 0 Å². The first-order chi connectivity index (χ1) is 5.92. The number of para-hydroxylation sites is 1. The Hall–Kier alpha value is -0.890. The van der Waals surface area contributed by atoms with Crippen LogP contribution in [0.25, 0.3) is 0 Å². The third-order valence-electron chi connectivity index (χ3n) is 1.89. The molecule has 0 aliphatic carbocycles. The molecule has 2 rings (SSSR count). The van der Waals surface area contributed by atoms with Crippen LogP contribution >= 0.6 is 10.5 Å². The van der Waals surface area contributed by atoms with Crippen LogP contribution in [0.1, 0.15) is 0 Å². The van der Waals surface area contributed by atoms with Crippen molar-refractivity contribution in [1.29, 1.82) is 0 Å². The minimum atomic E-state index is 0.313. The van der Waals surface area contributed by atoms with Gasteiger partial charge in [0.15, 0.2) is 0 Å². The molecule has 0 spiro atoms. The van der Waals surface area contributed by atoms with E-state index in [2.05, 4.69) is 29.8 Å². The van der Waals surface area contributed by atoms with Gasteiger partial charge in [-0.1, -0.05) is 18.2 Å². The average molecular weight is 177 g/mol. The molecule has 0 saturated carbocycles. The highest BCUT2D eigenvalue weighted by Crippen LogP contribution is 2.19. The van der Waals surface area contributed by atoms with E-state index in [-0.39, 0.29) is 0 Å². The van der Waals surface area contributed by atoms with Crippen molar-refractivity contribution in [2.24, 2.45) is 4.99 Å². The van der Waals surface area contributed by atoms with Gasteiger partial charge in [0, 0.05) is 10.3 Å². The molecule has 2 heteroatoms. The van der Waals surface area contributed by atoms with E-state index in [1.54, 1.807) is 0 Å². The number of hydrogen-bond acceptors (Lipinski definition) is 1. The normalized spacial score (nSPS) is 19.8. The van der Waals surface area contributed by atoms with E-state index in [4.69, 9.17) is 0 Å². The van der Waals surface area contributed by atoms with Crippen molar-refractivity contribution < 1.29 is 0 Å². The summed E-state index contributed by atoms with van der Waals surface area (Å²) in [6, 6.07) is 8.40. The first kappa shape index (κ1) is 7.74. The summed E-state index contributed by atoms with van der Waals surface area (Å²) in [6.45, 7) is 3.76. The first-order valence-corrected chi connectivity index (χ1v) is 5.53. The van der Waals surface area contributed by atoms with E-state index in [0.717, 1.165) is 11.6 Å². The van der Waals surface area contributed by atoms with Crippen LogP contribution in [0.15, 0.2) is 41.9 Å². The van der Waals surface area contributed by atoms with Crippen molar-refractivity contribution in [2.45, 2.75) is 0 Å². The van der Waals surface area contributed by atoms with Gasteiger partial charge in [0.05, 0.1) is 11.2 Å². The highest BCUT2D eigenvalue weighted by molar-refractivity contribution is 8.09. The Kier molecular flexibility index (Phi) is 2.09. The van der Waals surface area contributed by atoms with Gasteiger partial charge < -0.3 is 0 Å². The van der Waals surface area contributed by atoms with Crippen molar-refractivity contribution in [2.75, 3.05) is 11.6 Å². The highest BCUT2D eigenvalue weighted by atomic mass is 32.2. The number of fused-ring (bicyclic) bond motifs is 1. The number of benzene rings is 1. The van der Waals surface area contributed by atoms with Gasteiger partial charge in [-0.2, -0.15) is 10.5 Å². The summed E-state index contributed by atoms with van der Waals surface area (Å²) in [5.41, 5.74) is 0. The molecule has 1 unspecified atom stereocenters. The second-order valence-electron chi connectivity index (χ2n) is 2.70. The van der Waals surface area contributed by atoms with E-state index >= 15 is 0 Å². The maximum absolute atomic E-state index is 4.46.